The Bertz CT molecular complexity index is 101. The number of nitrogens with one attached hydrogen (secondary N) is 1. The van der Waals surface area contributed by atoms with Crippen LogP contribution in [0.1, 0.15) is 34.6 Å². The Morgan fingerprint density at radius 1 is 1.20 bits per heavy atom. The highest BCUT2D eigenvalue weighted by molar-refractivity contribution is 4.97. The fourth-order valence-electron chi connectivity index (χ4n) is 0.298. The van der Waals surface area contributed by atoms with E-state index >= 15 is 0 Å². The highest BCUT2D eigenvalue weighted by Crippen LogP contribution is 1.82. The zero-order valence-electron chi connectivity index (χ0n) is 7.73. The molecule has 0 aliphatic rings. The van der Waals surface area contributed by atoms with Gasteiger partial charge in [0.2, 0.25) is 0 Å². The highest BCUT2D eigenvalue weighted by Gasteiger charge is 1.73. The van der Waals surface area contributed by atoms with E-state index in [-0.39, 0.29) is 0 Å². The van der Waals surface area contributed by atoms with Crippen LogP contribution < -0.4 is 5.32 Å². The molecule has 0 aliphatic carbocycles. The predicted molar refractivity (Wildman–Crippen MR) is 48.7 cm³/mol. The van der Waals surface area contributed by atoms with Crippen LogP contribution in [0.4, 0.5) is 0 Å². The first kappa shape index (κ1) is 12.0. The van der Waals surface area contributed by atoms with Crippen molar-refractivity contribution in [3.05, 3.63) is 24.0 Å². The Balaban J connectivity index is 0. The molecule has 0 amide bonds. The molecule has 0 aromatic heterocycles. The molecule has 60 valence electrons. The molecular formula is C9H19N. The summed E-state index contributed by atoms with van der Waals surface area (Å²) in [5.74, 6) is 0. The molecule has 1 N–H and O–H groups in total. The first-order chi connectivity index (χ1) is 4.81. The lowest BCUT2D eigenvalue weighted by Gasteiger charge is -1.94. The molecule has 1 heteroatoms. The Labute approximate surface area is 64.8 Å². The van der Waals surface area contributed by atoms with Gasteiger partial charge < -0.3 is 5.32 Å². The minimum Gasteiger partial charge on any atom is -0.366 e. The van der Waals surface area contributed by atoms with Crippen LogP contribution in [0, 0.1) is 0 Å². The lowest BCUT2D eigenvalue weighted by molar-refractivity contribution is 1.05. The molecule has 0 heterocycles. The zero-order chi connectivity index (χ0) is 8.41. The number of rotatable bonds is 2. The molecule has 10 heavy (non-hydrogen) atoms. The molecular weight excluding hydrogens is 122 g/mol. The first-order valence-corrected chi connectivity index (χ1v) is 3.82. The van der Waals surface area contributed by atoms with Crippen molar-refractivity contribution >= 4 is 0 Å². The molecule has 0 fully saturated rings. The molecule has 0 aliphatic heterocycles. The molecule has 0 aromatic rings. The largest absolute Gasteiger partial charge is 0.366 e. The van der Waals surface area contributed by atoms with Gasteiger partial charge in [0.25, 0.3) is 0 Å². The van der Waals surface area contributed by atoms with Crippen molar-refractivity contribution in [2.45, 2.75) is 34.6 Å². The summed E-state index contributed by atoms with van der Waals surface area (Å²) in [5.41, 5.74) is 1.18. The monoisotopic (exact) mass is 141 g/mol. The van der Waals surface area contributed by atoms with Crippen molar-refractivity contribution in [2.24, 2.45) is 0 Å². The molecule has 0 rings (SSSR count). The topological polar surface area (TPSA) is 12.0 Å². The van der Waals surface area contributed by atoms with E-state index in [9.17, 15) is 0 Å². The normalized spacial score (nSPS) is 10.7. The Morgan fingerprint density at radius 2 is 1.70 bits per heavy atom. The van der Waals surface area contributed by atoms with E-state index < -0.39 is 0 Å². The molecule has 0 aromatic carbocycles. The Hall–Kier alpha value is -0.720. The molecule has 0 saturated carbocycles. The standard InChI is InChI=1S/C7H13N.C2H6/c1-4-6-8-7(3)5-2;1-2/h4-6,8H,1-3H3;1-2H3/b6-4-,7-5-;. The third kappa shape index (κ3) is 10.3. The summed E-state index contributed by atoms with van der Waals surface area (Å²) in [5, 5.41) is 3.06. The van der Waals surface area contributed by atoms with Crippen LogP contribution in [0.2, 0.25) is 0 Å². The quantitative estimate of drug-likeness (QED) is 0.623. The average Bonchev–Trinajstić information content (AvgIpc) is 2.04. The third-order valence-electron chi connectivity index (χ3n) is 0.911. The summed E-state index contributed by atoms with van der Waals surface area (Å²) in [6.45, 7) is 10.0. The van der Waals surface area contributed by atoms with Gasteiger partial charge in [0, 0.05) is 5.70 Å². The van der Waals surface area contributed by atoms with Crippen molar-refractivity contribution in [1.82, 2.24) is 5.32 Å². The van der Waals surface area contributed by atoms with Crippen molar-refractivity contribution < 1.29 is 0 Å². The number of hydrogen-bond donors (Lipinski definition) is 1. The van der Waals surface area contributed by atoms with Crippen LogP contribution in [0.3, 0.4) is 0 Å². The fourth-order valence-corrected chi connectivity index (χ4v) is 0.298. The maximum Gasteiger partial charge on any atom is 0.00713 e. The summed E-state index contributed by atoms with van der Waals surface area (Å²) in [6, 6.07) is 0. The molecule has 0 saturated heterocycles. The van der Waals surface area contributed by atoms with Gasteiger partial charge in [-0.1, -0.05) is 26.0 Å². The molecule has 1 nitrogen and oxygen atoms in total. The van der Waals surface area contributed by atoms with Crippen LogP contribution >= 0.6 is 0 Å². The van der Waals surface area contributed by atoms with E-state index in [1.165, 1.54) is 5.70 Å². The second-order valence-electron chi connectivity index (χ2n) is 1.62. The summed E-state index contributed by atoms with van der Waals surface area (Å²) in [4.78, 5) is 0. The van der Waals surface area contributed by atoms with Gasteiger partial charge in [-0.2, -0.15) is 0 Å². The van der Waals surface area contributed by atoms with E-state index in [1.54, 1.807) is 0 Å². The SMILES string of the molecule is C/C=C\N/C(C)=C\C.CC. The van der Waals surface area contributed by atoms with Crippen molar-refractivity contribution in [3.8, 4) is 0 Å². The smallest absolute Gasteiger partial charge is 0.00713 e. The third-order valence-corrected chi connectivity index (χ3v) is 0.911. The van der Waals surface area contributed by atoms with Gasteiger partial charge in [-0.25, -0.2) is 0 Å². The average molecular weight is 141 g/mol. The number of allylic oxidation sites excluding steroid dienone is 3. The van der Waals surface area contributed by atoms with Crippen LogP contribution in [-0.2, 0) is 0 Å². The van der Waals surface area contributed by atoms with Gasteiger partial charge in [0.05, 0.1) is 0 Å². The van der Waals surface area contributed by atoms with Crippen LogP contribution in [0.5, 0.6) is 0 Å². The van der Waals surface area contributed by atoms with E-state index in [4.69, 9.17) is 0 Å². The molecule has 0 radical (unpaired) electrons. The molecule has 0 atom stereocenters. The van der Waals surface area contributed by atoms with E-state index in [1.807, 2.05) is 53.0 Å². The van der Waals surface area contributed by atoms with Gasteiger partial charge in [0.1, 0.15) is 0 Å². The van der Waals surface area contributed by atoms with Gasteiger partial charge >= 0.3 is 0 Å². The van der Waals surface area contributed by atoms with Crippen molar-refractivity contribution in [2.75, 3.05) is 0 Å². The maximum atomic E-state index is 3.06. The van der Waals surface area contributed by atoms with Crippen molar-refractivity contribution in [1.29, 1.82) is 0 Å². The fraction of sp³-hybridized carbons (Fsp3) is 0.556. The minimum absolute atomic E-state index is 1.18. The van der Waals surface area contributed by atoms with Crippen LogP contribution in [-0.4, -0.2) is 0 Å². The van der Waals surface area contributed by atoms with E-state index in [0.717, 1.165) is 0 Å². The molecule has 0 spiro atoms. The Morgan fingerprint density at radius 3 is 2.00 bits per heavy atom. The molecule has 0 bridgehead atoms. The lowest BCUT2D eigenvalue weighted by Crippen LogP contribution is -1.98. The predicted octanol–water partition coefficient (Wildman–Crippen LogP) is 3.06. The minimum atomic E-state index is 1.18. The Kier molecular flexibility index (Phi) is 13.4. The summed E-state index contributed by atoms with van der Waals surface area (Å²) in [6.07, 6.45) is 5.91. The maximum absolute atomic E-state index is 3.06. The zero-order valence-corrected chi connectivity index (χ0v) is 7.73. The van der Waals surface area contributed by atoms with E-state index in [2.05, 4.69) is 5.32 Å². The van der Waals surface area contributed by atoms with Gasteiger partial charge in [-0.15, -0.1) is 0 Å². The van der Waals surface area contributed by atoms with Crippen molar-refractivity contribution in [3.63, 3.8) is 0 Å². The van der Waals surface area contributed by atoms with Crippen LogP contribution in [0.25, 0.3) is 0 Å². The second-order valence-corrected chi connectivity index (χ2v) is 1.62. The van der Waals surface area contributed by atoms with Gasteiger partial charge in [0.15, 0.2) is 0 Å². The first-order valence-electron chi connectivity index (χ1n) is 3.82. The second kappa shape index (κ2) is 11.1. The number of hydrogen-bond acceptors (Lipinski definition) is 1. The van der Waals surface area contributed by atoms with Gasteiger partial charge in [-0.05, 0) is 27.0 Å². The highest BCUT2D eigenvalue weighted by atomic mass is 14.8. The lowest BCUT2D eigenvalue weighted by atomic mass is 10.4. The van der Waals surface area contributed by atoms with E-state index in [0.29, 0.717) is 0 Å². The summed E-state index contributed by atoms with van der Waals surface area (Å²) in [7, 11) is 0. The van der Waals surface area contributed by atoms with Gasteiger partial charge in [-0.3, -0.25) is 0 Å². The summed E-state index contributed by atoms with van der Waals surface area (Å²) < 4.78 is 0. The molecule has 0 unspecified atom stereocenters. The summed E-state index contributed by atoms with van der Waals surface area (Å²) >= 11 is 0. The van der Waals surface area contributed by atoms with Crippen LogP contribution in [0.15, 0.2) is 24.0 Å².